The van der Waals surface area contributed by atoms with Crippen molar-refractivity contribution in [3.8, 4) is 0 Å². The predicted molar refractivity (Wildman–Crippen MR) is 62.0 cm³/mol. The number of H-pyrrole nitrogens is 1. The maximum atomic E-state index is 12.1. The molecule has 1 atom stereocenters. The SMILES string of the molecule is CC1(C)CCCNC1C(=O)Nc1cn[nH]c1. The number of nitrogens with one attached hydrogen (secondary N) is 3. The Morgan fingerprint density at radius 2 is 2.44 bits per heavy atom. The van der Waals surface area contributed by atoms with Gasteiger partial charge in [-0.3, -0.25) is 9.89 Å². The highest BCUT2D eigenvalue weighted by Gasteiger charge is 2.37. The van der Waals surface area contributed by atoms with E-state index in [-0.39, 0.29) is 17.4 Å². The van der Waals surface area contributed by atoms with Gasteiger partial charge in [-0.15, -0.1) is 0 Å². The van der Waals surface area contributed by atoms with Gasteiger partial charge >= 0.3 is 0 Å². The van der Waals surface area contributed by atoms with Crippen LogP contribution in [-0.2, 0) is 4.79 Å². The number of anilines is 1. The molecule has 5 heteroatoms. The van der Waals surface area contributed by atoms with E-state index in [4.69, 9.17) is 0 Å². The van der Waals surface area contributed by atoms with E-state index in [9.17, 15) is 4.79 Å². The fraction of sp³-hybridized carbons (Fsp3) is 0.636. The van der Waals surface area contributed by atoms with Crippen LogP contribution in [0.5, 0.6) is 0 Å². The summed E-state index contributed by atoms with van der Waals surface area (Å²) in [5, 5.41) is 12.6. The van der Waals surface area contributed by atoms with E-state index in [1.54, 1.807) is 12.4 Å². The van der Waals surface area contributed by atoms with Crippen LogP contribution in [0.4, 0.5) is 5.69 Å². The Balaban J connectivity index is 2.03. The Hall–Kier alpha value is -1.36. The lowest BCUT2D eigenvalue weighted by atomic mass is 9.77. The number of piperidine rings is 1. The molecule has 0 aromatic carbocycles. The number of amides is 1. The molecular formula is C11H18N4O. The Kier molecular flexibility index (Phi) is 2.96. The zero-order chi connectivity index (χ0) is 11.6. The van der Waals surface area contributed by atoms with Crippen LogP contribution in [0.15, 0.2) is 12.4 Å². The first-order valence-corrected chi connectivity index (χ1v) is 5.63. The summed E-state index contributed by atoms with van der Waals surface area (Å²) in [6, 6.07) is -0.129. The van der Waals surface area contributed by atoms with Gasteiger partial charge < -0.3 is 10.6 Å². The maximum Gasteiger partial charge on any atom is 0.242 e. The zero-order valence-corrected chi connectivity index (χ0v) is 9.71. The first-order chi connectivity index (χ1) is 7.59. The van der Waals surface area contributed by atoms with Crippen molar-refractivity contribution >= 4 is 11.6 Å². The number of aromatic amines is 1. The second kappa shape index (κ2) is 4.25. The summed E-state index contributed by atoms with van der Waals surface area (Å²) in [5.41, 5.74) is 0.722. The fourth-order valence-corrected chi connectivity index (χ4v) is 2.19. The lowest BCUT2D eigenvalue weighted by Gasteiger charge is -2.38. The molecule has 1 aromatic rings. The highest BCUT2D eigenvalue weighted by molar-refractivity contribution is 5.95. The van der Waals surface area contributed by atoms with E-state index in [1.165, 1.54) is 0 Å². The van der Waals surface area contributed by atoms with Crippen molar-refractivity contribution in [1.82, 2.24) is 15.5 Å². The van der Waals surface area contributed by atoms with Crippen molar-refractivity contribution in [3.05, 3.63) is 12.4 Å². The molecular weight excluding hydrogens is 204 g/mol. The Morgan fingerprint density at radius 3 is 3.06 bits per heavy atom. The molecule has 16 heavy (non-hydrogen) atoms. The predicted octanol–water partition coefficient (Wildman–Crippen LogP) is 1.13. The summed E-state index contributed by atoms with van der Waals surface area (Å²) in [6.07, 6.45) is 5.48. The summed E-state index contributed by atoms with van der Waals surface area (Å²) >= 11 is 0. The van der Waals surface area contributed by atoms with Crippen molar-refractivity contribution in [2.24, 2.45) is 5.41 Å². The Morgan fingerprint density at radius 1 is 1.62 bits per heavy atom. The highest BCUT2D eigenvalue weighted by atomic mass is 16.2. The van der Waals surface area contributed by atoms with Gasteiger partial charge in [-0.05, 0) is 24.8 Å². The molecule has 2 rings (SSSR count). The molecule has 0 radical (unpaired) electrons. The second-order valence-electron chi connectivity index (χ2n) is 4.96. The summed E-state index contributed by atoms with van der Waals surface area (Å²) < 4.78 is 0. The molecule has 1 fully saturated rings. The minimum absolute atomic E-state index is 0.00602. The third-order valence-electron chi connectivity index (χ3n) is 3.16. The summed E-state index contributed by atoms with van der Waals surface area (Å²) in [6.45, 7) is 5.16. The molecule has 0 bridgehead atoms. The summed E-state index contributed by atoms with van der Waals surface area (Å²) in [7, 11) is 0. The van der Waals surface area contributed by atoms with Gasteiger partial charge in [0.1, 0.15) is 0 Å². The molecule has 88 valence electrons. The lowest BCUT2D eigenvalue weighted by molar-refractivity contribution is -0.121. The first-order valence-electron chi connectivity index (χ1n) is 5.63. The second-order valence-corrected chi connectivity index (χ2v) is 4.96. The van der Waals surface area contributed by atoms with E-state index in [0.29, 0.717) is 5.69 Å². The van der Waals surface area contributed by atoms with Crippen LogP contribution in [0, 0.1) is 5.41 Å². The smallest absolute Gasteiger partial charge is 0.242 e. The van der Waals surface area contributed by atoms with Gasteiger partial charge in [0.05, 0.1) is 17.9 Å². The van der Waals surface area contributed by atoms with Gasteiger partial charge in [0.15, 0.2) is 0 Å². The number of aromatic nitrogens is 2. The van der Waals surface area contributed by atoms with Gasteiger partial charge in [-0.2, -0.15) is 5.10 Å². The van der Waals surface area contributed by atoms with Crippen LogP contribution >= 0.6 is 0 Å². The highest BCUT2D eigenvalue weighted by Crippen LogP contribution is 2.30. The van der Waals surface area contributed by atoms with Crippen molar-refractivity contribution in [2.75, 3.05) is 11.9 Å². The van der Waals surface area contributed by atoms with E-state index < -0.39 is 0 Å². The van der Waals surface area contributed by atoms with Gasteiger partial charge in [0.25, 0.3) is 0 Å². The van der Waals surface area contributed by atoms with Crippen LogP contribution in [-0.4, -0.2) is 28.7 Å². The van der Waals surface area contributed by atoms with Gasteiger partial charge in [0, 0.05) is 6.20 Å². The largest absolute Gasteiger partial charge is 0.322 e. The summed E-state index contributed by atoms with van der Waals surface area (Å²) in [5.74, 6) is 0.0195. The van der Waals surface area contributed by atoms with E-state index in [2.05, 4.69) is 34.7 Å². The zero-order valence-electron chi connectivity index (χ0n) is 9.71. The molecule has 0 saturated carbocycles. The first kappa shape index (κ1) is 11.1. The van der Waals surface area contributed by atoms with Crippen molar-refractivity contribution in [2.45, 2.75) is 32.7 Å². The number of nitrogens with zero attached hydrogens (tertiary/aromatic N) is 1. The molecule has 1 aliphatic rings. The third kappa shape index (κ3) is 2.24. The number of carbonyl (C=O) groups is 1. The molecule has 1 unspecified atom stereocenters. The molecule has 1 saturated heterocycles. The van der Waals surface area contributed by atoms with Crippen LogP contribution < -0.4 is 10.6 Å². The van der Waals surface area contributed by atoms with Crippen LogP contribution in [0.2, 0.25) is 0 Å². The Bertz CT molecular complexity index is 358. The quantitative estimate of drug-likeness (QED) is 0.702. The molecule has 2 heterocycles. The lowest BCUT2D eigenvalue weighted by Crippen LogP contribution is -2.53. The summed E-state index contributed by atoms with van der Waals surface area (Å²) in [4.78, 5) is 12.1. The number of hydrogen-bond acceptors (Lipinski definition) is 3. The van der Waals surface area contributed by atoms with E-state index >= 15 is 0 Å². The molecule has 3 N–H and O–H groups in total. The van der Waals surface area contributed by atoms with E-state index in [1.807, 2.05) is 0 Å². The van der Waals surface area contributed by atoms with Crippen molar-refractivity contribution in [1.29, 1.82) is 0 Å². The molecule has 5 nitrogen and oxygen atoms in total. The number of hydrogen-bond donors (Lipinski definition) is 3. The third-order valence-corrected chi connectivity index (χ3v) is 3.16. The molecule has 0 aliphatic carbocycles. The van der Waals surface area contributed by atoms with Crippen LogP contribution in [0.1, 0.15) is 26.7 Å². The van der Waals surface area contributed by atoms with Gasteiger partial charge in [-0.25, -0.2) is 0 Å². The van der Waals surface area contributed by atoms with Gasteiger partial charge in [0.2, 0.25) is 5.91 Å². The standard InChI is InChI=1S/C11H18N4O/c1-11(2)4-3-5-12-9(11)10(16)15-8-6-13-14-7-8/h6-7,9,12H,3-5H2,1-2H3,(H,13,14)(H,15,16). The Labute approximate surface area is 95.0 Å². The molecule has 1 aliphatic heterocycles. The van der Waals surface area contributed by atoms with Crippen LogP contribution in [0.25, 0.3) is 0 Å². The van der Waals surface area contributed by atoms with Crippen LogP contribution in [0.3, 0.4) is 0 Å². The minimum Gasteiger partial charge on any atom is -0.322 e. The van der Waals surface area contributed by atoms with Crippen molar-refractivity contribution in [3.63, 3.8) is 0 Å². The van der Waals surface area contributed by atoms with Gasteiger partial charge in [-0.1, -0.05) is 13.8 Å². The monoisotopic (exact) mass is 222 g/mol. The molecule has 0 spiro atoms. The number of carbonyl (C=O) groups excluding carboxylic acids is 1. The fourth-order valence-electron chi connectivity index (χ4n) is 2.19. The normalized spacial score (nSPS) is 24.0. The maximum absolute atomic E-state index is 12.1. The van der Waals surface area contributed by atoms with E-state index in [0.717, 1.165) is 19.4 Å². The molecule has 1 amide bonds. The average Bonchev–Trinajstić information content (AvgIpc) is 2.69. The average molecular weight is 222 g/mol. The van der Waals surface area contributed by atoms with Crippen molar-refractivity contribution < 1.29 is 4.79 Å². The number of rotatable bonds is 2. The minimum atomic E-state index is -0.129. The topological polar surface area (TPSA) is 69.8 Å². The molecule has 1 aromatic heterocycles.